The highest BCUT2D eigenvalue weighted by Crippen LogP contribution is 2.29. The molecule has 0 spiro atoms. The van der Waals surface area contributed by atoms with Gasteiger partial charge < -0.3 is 10.1 Å². The lowest BCUT2D eigenvalue weighted by molar-refractivity contribution is 0.313. The van der Waals surface area contributed by atoms with Crippen molar-refractivity contribution in [1.29, 1.82) is 5.26 Å². The van der Waals surface area contributed by atoms with Gasteiger partial charge in [0.1, 0.15) is 5.75 Å². The smallest absolute Gasteiger partial charge is 0.121 e. The molecule has 1 aliphatic carbocycles. The molecule has 1 aliphatic rings. The second kappa shape index (κ2) is 6.15. The van der Waals surface area contributed by atoms with Crippen molar-refractivity contribution < 1.29 is 4.74 Å². The van der Waals surface area contributed by atoms with E-state index in [0.717, 1.165) is 30.3 Å². The van der Waals surface area contributed by atoms with Gasteiger partial charge in [0.25, 0.3) is 0 Å². The number of benzene rings is 1. The summed E-state index contributed by atoms with van der Waals surface area (Å²) in [4.78, 5) is 0. The lowest BCUT2D eigenvalue weighted by Crippen LogP contribution is -2.03. The number of nitrogens with one attached hydrogen (secondary N) is 1. The summed E-state index contributed by atoms with van der Waals surface area (Å²) in [5.74, 6) is 1.75. The first kappa shape index (κ1) is 11.8. The molecule has 1 saturated carbocycles. The summed E-state index contributed by atoms with van der Waals surface area (Å²) in [5, 5.41) is 11.8. The maximum Gasteiger partial charge on any atom is 0.121 e. The van der Waals surface area contributed by atoms with Crippen LogP contribution in [0.25, 0.3) is 0 Å². The number of ether oxygens (including phenoxy) is 1. The van der Waals surface area contributed by atoms with E-state index in [0.29, 0.717) is 13.0 Å². The van der Waals surface area contributed by atoms with Crippen LogP contribution in [-0.2, 0) is 0 Å². The van der Waals surface area contributed by atoms with Gasteiger partial charge >= 0.3 is 0 Å². The fourth-order valence-corrected chi connectivity index (χ4v) is 1.62. The number of anilines is 1. The highest BCUT2D eigenvalue weighted by molar-refractivity contribution is 5.48. The van der Waals surface area contributed by atoms with Crippen LogP contribution < -0.4 is 10.1 Å². The lowest BCUT2D eigenvalue weighted by Gasteiger charge is -2.08. The van der Waals surface area contributed by atoms with E-state index in [1.807, 2.05) is 18.2 Å². The van der Waals surface area contributed by atoms with Crippen LogP contribution in [0.5, 0.6) is 5.75 Å². The summed E-state index contributed by atoms with van der Waals surface area (Å²) in [6.45, 7) is 1.68. The van der Waals surface area contributed by atoms with Crippen LogP contribution in [-0.4, -0.2) is 13.2 Å². The molecular weight excluding hydrogens is 212 g/mol. The fraction of sp³-hybridized carbons (Fsp3) is 0.500. The summed E-state index contributed by atoms with van der Waals surface area (Å²) in [6, 6.07) is 10.1. The Hall–Kier alpha value is -1.69. The molecule has 17 heavy (non-hydrogen) atoms. The molecule has 90 valence electrons. The Morgan fingerprint density at radius 1 is 1.41 bits per heavy atom. The van der Waals surface area contributed by atoms with Crippen LogP contribution in [0.2, 0.25) is 0 Å². The van der Waals surface area contributed by atoms with Crippen molar-refractivity contribution in [2.75, 3.05) is 18.5 Å². The van der Waals surface area contributed by atoms with Crippen LogP contribution in [0.3, 0.4) is 0 Å². The monoisotopic (exact) mass is 230 g/mol. The molecule has 3 heteroatoms. The number of unbranched alkanes of at least 4 members (excludes halogenated alkanes) is 1. The number of hydrogen-bond acceptors (Lipinski definition) is 3. The third kappa shape index (κ3) is 4.36. The van der Waals surface area contributed by atoms with Crippen molar-refractivity contribution in [2.24, 2.45) is 5.92 Å². The topological polar surface area (TPSA) is 45.0 Å². The second-order valence-electron chi connectivity index (χ2n) is 4.46. The molecule has 1 aromatic rings. The van der Waals surface area contributed by atoms with Gasteiger partial charge in [0.15, 0.2) is 0 Å². The molecule has 0 saturated heterocycles. The first-order valence-corrected chi connectivity index (χ1v) is 6.22. The second-order valence-corrected chi connectivity index (χ2v) is 4.46. The molecule has 0 aliphatic heterocycles. The normalized spacial score (nSPS) is 14.1. The minimum Gasteiger partial charge on any atom is -0.493 e. The van der Waals surface area contributed by atoms with E-state index in [-0.39, 0.29) is 0 Å². The van der Waals surface area contributed by atoms with Gasteiger partial charge in [-0.25, -0.2) is 0 Å². The summed E-state index contributed by atoms with van der Waals surface area (Å²) in [7, 11) is 0. The predicted molar refractivity (Wildman–Crippen MR) is 68.0 cm³/mol. The maximum atomic E-state index is 8.42. The largest absolute Gasteiger partial charge is 0.493 e. The Morgan fingerprint density at radius 3 is 3.06 bits per heavy atom. The minimum absolute atomic E-state index is 0.555. The van der Waals surface area contributed by atoms with E-state index in [9.17, 15) is 0 Å². The zero-order chi connectivity index (χ0) is 11.9. The van der Waals surface area contributed by atoms with E-state index in [4.69, 9.17) is 10.00 Å². The van der Waals surface area contributed by atoms with E-state index in [1.54, 1.807) is 0 Å². The molecule has 0 aromatic heterocycles. The molecule has 1 fully saturated rings. The summed E-state index contributed by atoms with van der Waals surface area (Å²) in [5.41, 5.74) is 1.12. The molecule has 3 nitrogen and oxygen atoms in total. The lowest BCUT2D eigenvalue weighted by atomic mass is 10.3. The van der Waals surface area contributed by atoms with Crippen molar-refractivity contribution in [3.05, 3.63) is 24.3 Å². The van der Waals surface area contributed by atoms with Crippen molar-refractivity contribution in [1.82, 2.24) is 0 Å². The molecule has 1 aromatic carbocycles. The molecule has 0 atom stereocenters. The van der Waals surface area contributed by atoms with E-state index in [2.05, 4.69) is 17.5 Å². The molecular formula is C14H18N2O. The van der Waals surface area contributed by atoms with Gasteiger partial charge in [-0.15, -0.1) is 0 Å². The third-order valence-corrected chi connectivity index (χ3v) is 2.83. The number of rotatable bonds is 7. The standard InChI is InChI=1S/C14H18N2O/c15-8-1-2-9-17-14-5-3-4-13(10-14)16-11-12-6-7-12/h3-5,10,12,16H,1-2,6-7,9,11H2. The van der Waals surface area contributed by atoms with E-state index < -0.39 is 0 Å². The van der Waals surface area contributed by atoms with E-state index >= 15 is 0 Å². The summed E-state index contributed by atoms with van der Waals surface area (Å²) >= 11 is 0. The van der Waals surface area contributed by atoms with Crippen molar-refractivity contribution >= 4 is 5.69 Å². The number of nitriles is 1. The highest BCUT2D eigenvalue weighted by Gasteiger charge is 2.20. The average Bonchev–Trinajstić information content (AvgIpc) is 3.17. The van der Waals surface area contributed by atoms with Gasteiger partial charge in [-0.3, -0.25) is 0 Å². The van der Waals surface area contributed by atoms with Crippen LogP contribution in [0.4, 0.5) is 5.69 Å². The van der Waals surface area contributed by atoms with Gasteiger partial charge in [0, 0.05) is 24.7 Å². The zero-order valence-corrected chi connectivity index (χ0v) is 9.98. The first-order chi connectivity index (χ1) is 8.38. The first-order valence-electron chi connectivity index (χ1n) is 6.22. The van der Waals surface area contributed by atoms with Gasteiger partial charge in [0.05, 0.1) is 12.7 Å². The molecule has 0 radical (unpaired) electrons. The molecule has 1 N–H and O–H groups in total. The van der Waals surface area contributed by atoms with Gasteiger partial charge in [-0.1, -0.05) is 6.07 Å². The van der Waals surface area contributed by atoms with Crippen molar-refractivity contribution in [3.8, 4) is 11.8 Å². The van der Waals surface area contributed by atoms with E-state index in [1.165, 1.54) is 12.8 Å². The maximum absolute atomic E-state index is 8.42. The molecule has 0 heterocycles. The highest BCUT2D eigenvalue weighted by atomic mass is 16.5. The van der Waals surface area contributed by atoms with Crippen LogP contribution in [0.15, 0.2) is 24.3 Å². The van der Waals surface area contributed by atoms with Gasteiger partial charge in [0.2, 0.25) is 0 Å². The molecule has 0 unspecified atom stereocenters. The Morgan fingerprint density at radius 2 is 2.29 bits per heavy atom. The van der Waals surface area contributed by atoms with Gasteiger partial charge in [-0.2, -0.15) is 5.26 Å². The third-order valence-electron chi connectivity index (χ3n) is 2.83. The number of hydrogen-bond donors (Lipinski definition) is 1. The Labute approximate surface area is 102 Å². The molecule has 2 rings (SSSR count). The molecule has 0 bridgehead atoms. The van der Waals surface area contributed by atoms with Crippen LogP contribution in [0, 0.1) is 17.2 Å². The number of nitrogens with zero attached hydrogens (tertiary/aromatic N) is 1. The SMILES string of the molecule is N#CCCCOc1cccc(NCC2CC2)c1. The quantitative estimate of drug-likeness (QED) is 0.732. The summed E-state index contributed by atoms with van der Waals surface area (Å²) < 4.78 is 5.58. The van der Waals surface area contributed by atoms with Crippen molar-refractivity contribution in [3.63, 3.8) is 0 Å². The Bertz CT molecular complexity index is 393. The summed E-state index contributed by atoms with van der Waals surface area (Å²) in [6.07, 6.45) is 4.06. The molecule has 0 amide bonds. The fourth-order valence-electron chi connectivity index (χ4n) is 1.62. The van der Waals surface area contributed by atoms with Crippen molar-refractivity contribution in [2.45, 2.75) is 25.7 Å². The Kier molecular flexibility index (Phi) is 4.26. The minimum atomic E-state index is 0.555. The van der Waals surface area contributed by atoms with Crippen LogP contribution >= 0.6 is 0 Å². The predicted octanol–water partition coefficient (Wildman–Crippen LogP) is 3.19. The zero-order valence-electron chi connectivity index (χ0n) is 9.98. The van der Waals surface area contributed by atoms with Gasteiger partial charge in [-0.05, 0) is 37.3 Å². The Balaban J connectivity index is 1.76. The van der Waals surface area contributed by atoms with Crippen LogP contribution in [0.1, 0.15) is 25.7 Å². The average molecular weight is 230 g/mol.